The van der Waals surface area contributed by atoms with Gasteiger partial charge in [-0.2, -0.15) is 0 Å². The number of methoxy groups -OCH3 is 1. The third kappa shape index (κ3) is 6.54. The summed E-state index contributed by atoms with van der Waals surface area (Å²) in [6.07, 6.45) is 1.26. The molecule has 0 fully saturated rings. The fourth-order valence-corrected chi connectivity index (χ4v) is 2.04. The van der Waals surface area contributed by atoms with Gasteiger partial charge >= 0.3 is 11.9 Å². The van der Waals surface area contributed by atoms with Crippen LogP contribution in [-0.2, 0) is 23.9 Å². The van der Waals surface area contributed by atoms with E-state index in [-0.39, 0.29) is 11.7 Å². The summed E-state index contributed by atoms with van der Waals surface area (Å²) in [5.41, 5.74) is 0.299. The lowest BCUT2D eigenvalue weighted by Gasteiger charge is -2.21. The maximum Gasteiger partial charge on any atom is 0.344 e. The van der Waals surface area contributed by atoms with Crippen LogP contribution in [0.25, 0.3) is 0 Å². The van der Waals surface area contributed by atoms with Crippen molar-refractivity contribution in [3.05, 3.63) is 29.8 Å². The van der Waals surface area contributed by atoms with E-state index in [9.17, 15) is 19.2 Å². The molecule has 2 atom stereocenters. The topological polar surface area (TPSA) is 108 Å². The van der Waals surface area contributed by atoms with E-state index in [1.54, 1.807) is 25.1 Å². The molecule has 142 valence electrons. The lowest BCUT2D eigenvalue weighted by atomic mass is 9.99. The molecule has 0 aliphatic carbocycles. The molecule has 0 aliphatic rings. The number of aldehydes is 1. The van der Waals surface area contributed by atoms with Crippen LogP contribution in [0, 0.1) is 5.92 Å². The number of ether oxygens (including phenoxy) is 3. The monoisotopic (exact) mass is 365 g/mol. The molecule has 1 N–H and O–H groups in total. The summed E-state index contributed by atoms with van der Waals surface area (Å²) in [6, 6.07) is 5.59. The smallest absolute Gasteiger partial charge is 0.344 e. The van der Waals surface area contributed by atoms with Gasteiger partial charge in [0.05, 0.1) is 12.7 Å². The van der Waals surface area contributed by atoms with Crippen LogP contribution in [0.4, 0.5) is 0 Å². The zero-order valence-electron chi connectivity index (χ0n) is 15.0. The maximum absolute atomic E-state index is 11.9. The Morgan fingerprint density at radius 2 is 1.88 bits per heavy atom. The van der Waals surface area contributed by atoms with Crippen molar-refractivity contribution in [3.63, 3.8) is 0 Å². The standard InChI is InChI=1S/C18H23NO7/c1-4-12(2)17(18(23)24-3)19-15(21)10-26-16(22)11-25-14-8-6-5-7-13(14)9-20/h5-9,12,17H,4,10-11H2,1-3H3,(H,19,21)/t12-,17+/m1/s1. The van der Waals surface area contributed by atoms with Crippen LogP contribution in [0.1, 0.15) is 30.6 Å². The van der Waals surface area contributed by atoms with Gasteiger partial charge in [0.15, 0.2) is 19.5 Å². The van der Waals surface area contributed by atoms with Gasteiger partial charge in [-0.15, -0.1) is 0 Å². The molecule has 26 heavy (non-hydrogen) atoms. The quantitative estimate of drug-likeness (QED) is 0.489. The van der Waals surface area contributed by atoms with Crippen molar-refractivity contribution in [1.82, 2.24) is 5.32 Å². The molecule has 0 bridgehead atoms. The van der Waals surface area contributed by atoms with Gasteiger partial charge in [0, 0.05) is 0 Å². The van der Waals surface area contributed by atoms with E-state index in [0.29, 0.717) is 18.3 Å². The normalized spacial score (nSPS) is 12.4. The minimum Gasteiger partial charge on any atom is -0.481 e. The van der Waals surface area contributed by atoms with Crippen LogP contribution >= 0.6 is 0 Å². The Kier molecular flexibility index (Phi) is 8.83. The van der Waals surface area contributed by atoms with E-state index in [4.69, 9.17) is 9.47 Å². The van der Waals surface area contributed by atoms with Crippen LogP contribution in [0.5, 0.6) is 5.75 Å². The SMILES string of the molecule is CC[C@@H](C)[C@H](NC(=O)COC(=O)COc1ccccc1C=O)C(=O)OC. The molecule has 1 rings (SSSR count). The highest BCUT2D eigenvalue weighted by atomic mass is 16.6. The van der Waals surface area contributed by atoms with Gasteiger partial charge in [0.25, 0.3) is 5.91 Å². The Hall–Kier alpha value is -2.90. The molecule has 1 amide bonds. The lowest BCUT2D eigenvalue weighted by molar-refractivity contribution is -0.152. The van der Waals surface area contributed by atoms with Crippen molar-refractivity contribution in [3.8, 4) is 5.75 Å². The van der Waals surface area contributed by atoms with Gasteiger partial charge in [-0.3, -0.25) is 9.59 Å². The molecule has 0 saturated heterocycles. The minimum atomic E-state index is -0.813. The van der Waals surface area contributed by atoms with Gasteiger partial charge in [0.2, 0.25) is 0 Å². The molecule has 1 aromatic carbocycles. The number of para-hydroxylation sites is 1. The van der Waals surface area contributed by atoms with E-state index in [0.717, 1.165) is 0 Å². The number of hydrogen-bond donors (Lipinski definition) is 1. The number of amides is 1. The Bertz CT molecular complexity index is 644. The predicted octanol–water partition coefficient (Wildman–Crippen LogP) is 1.12. The van der Waals surface area contributed by atoms with Gasteiger partial charge < -0.3 is 19.5 Å². The molecule has 1 aromatic rings. The Balaban J connectivity index is 2.47. The highest BCUT2D eigenvalue weighted by molar-refractivity contribution is 5.86. The Morgan fingerprint density at radius 3 is 2.50 bits per heavy atom. The third-order valence-corrected chi connectivity index (χ3v) is 3.74. The summed E-state index contributed by atoms with van der Waals surface area (Å²) < 4.78 is 14.7. The summed E-state index contributed by atoms with van der Waals surface area (Å²) in [5.74, 6) is -1.86. The number of hydrogen-bond acceptors (Lipinski definition) is 7. The lowest BCUT2D eigenvalue weighted by Crippen LogP contribution is -2.47. The fraction of sp³-hybridized carbons (Fsp3) is 0.444. The number of rotatable bonds is 10. The van der Waals surface area contributed by atoms with Crippen molar-refractivity contribution in [2.45, 2.75) is 26.3 Å². The molecular formula is C18H23NO7. The zero-order valence-corrected chi connectivity index (χ0v) is 15.0. The maximum atomic E-state index is 11.9. The van der Waals surface area contributed by atoms with Crippen molar-refractivity contribution in [1.29, 1.82) is 0 Å². The average molecular weight is 365 g/mol. The summed E-state index contributed by atoms with van der Waals surface area (Å²) in [4.78, 5) is 46.1. The largest absolute Gasteiger partial charge is 0.481 e. The van der Waals surface area contributed by atoms with Crippen LogP contribution < -0.4 is 10.1 Å². The predicted molar refractivity (Wildman–Crippen MR) is 91.7 cm³/mol. The fourth-order valence-electron chi connectivity index (χ4n) is 2.04. The molecule has 0 radical (unpaired) electrons. The highest BCUT2D eigenvalue weighted by Gasteiger charge is 2.26. The van der Waals surface area contributed by atoms with Crippen molar-refractivity contribution in [2.75, 3.05) is 20.3 Å². The Morgan fingerprint density at radius 1 is 1.19 bits per heavy atom. The summed E-state index contributed by atoms with van der Waals surface area (Å²) in [6.45, 7) is 2.67. The number of benzene rings is 1. The molecule has 0 unspecified atom stereocenters. The van der Waals surface area contributed by atoms with E-state index in [1.807, 2.05) is 6.92 Å². The first kappa shape index (κ1) is 21.1. The van der Waals surface area contributed by atoms with Crippen LogP contribution in [0.15, 0.2) is 24.3 Å². The average Bonchev–Trinajstić information content (AvgIpc) is 2.67. The number of nitrogens with one attached hydrogen (secondary N) is 1. The second kappa shape index (κ2) is 10.9. The highest BCUT2D eigenvalue weighted by Crippen LogP contribution is 2.15. The van der Waals surface area contributed by atoms with Crippen molar-refractivity contribution < 1.29 is 33.4 Å². The molecule has 8 nitrogen and oxygen atoms in total. The van der Waals surface area contributed by atoms with Gasteiger partial charge in [-0.1, -0.05) is 32.4 Å². The second-order valence-electron chi connectivity index (χ2n) is 5.56. The van der Waals surface area contributed by atoms with Crippen molar-refractivity contribution in [2.24, 2.45) is 5.92 Å². The molecule has 8 heteroatoms. The van der Waals surface area contributed by atoms with E-state index in [1.165, 1.54) is 13.2 Å². The molecule has 0 aromatic heterocycles. The number of carbonyl (C=O) groups excluding carboxylic acids is 4. The first-order valence-electron chi connectivity index (χ1n) is 8.12. The first-order chi connectivity index (χ1) is 12.4. The van der Waals surface area contributed by atoms with Gasteiger partial charge in [0.1, 0.15) is 11.8 Å². The Labute approximate surface area is 151 Å². The van der Waals surface area contributed by atoms with E-state index >= 15 is 0 Å². The summed E-state index contributed by atoms with van der Waals surface area (Å²) in [7, 11) is 1.23. The minimum absolute atomic E-state index is 0.134. The zero-order chi connectivity index (χ0) is 19.5. The second-order valence-corrected chi connectivity index (χ2v) is 5.56. The molecule has 0 saturated carbocycles. The van der Waals surface area contributed by atoms with Gasteiger partial charge in [-0.05, 0) is 18.1 Å². The molecular weight excluding hydrogens is 342 g/mol. The van der Waals surface area contributed by atoms with Crippen LogP contribution in [0.3, 0.4) is 0 Å². The summed E-state index contributed by atoms with van der Waals surface area (Å²) >= 11 is 0. The number of esters is 2. The van der Waals surface area contributed by atoms with Crippen LogP contribution in [0.2, 0.25) is 0 Å². The first-order valence-corrected chi connectivity index (χ1v) is 8.12. The van der Waals surface area contributed by atoms with E-state index < -0.39 is 37.1 Å². The van der Waals surface area contributed by atoms with E-state index in [2.05, 4.69) is 10.1 Å². The molecule has 0 heterocycles. The van der Waals surface area contributed by atoms with Crippen molar-refractivity contribution >= 4 is 24.1 Å². The summed E-state index contributed by atoms with van der Waals surface area (Å²) in [5, 5.41) is 2.49. The van der Waals surface area contributed by atoms with Gasteiger partial charge in [-0.25, -0.2) is 9.59 Å². The molecule has 0 spiro atoms. The third-order valence-electron chi connectivity index (χ3n) is 3.74. The van der Waals surface area contributed by atoms with Crippen LogP contribution in [-0.4, -0.2) is 50.5 Å². The number of carbonyl (C=O) groups is 4. The molecule has 0 aliphatic heterocycles.